The fourth-order valence-electron chi connectivity index (χ4n) is 3.56. The zero-order valence-corrected chi connectivity index (χ0v) is 21.3. The van der Waals surface area contributed by atoms with Gasteiger partial charge >= 0.3 is 5.97 Å². The number of hydrogen-bond acceptors (Lipinski definition) is 9. The molecule has 1 aliphatic heterocycles. The summed E-state index contributed by atoms with van der Waals surface area (Å²) in [5, 5.41) is 11.5. The average molecular weight is 520 g/mol. The Balaban J connectivity index is 2.12. The minimum Gasteiger partial charge on any atom is -0.497 e. The van der Waals surface area contributed by atoms with E-state index in [0.717, 1.165) is 16.1 Å². The van der Waals surface area contributed by atoms with Crippen molar-refractivity contribution in [3.63, 3.8) is 0 Å². The Morgan fingerprint density at radius 2 is 1.91 bits per heavy atom. The summed E-state index contributed by atoms with van der Waals surface area (Å²) < 4.78 is 37.4. The molecular formula is C23H25N3O7S2. The van der Waals surface area contributed by atoms with E-state index < -0.39 is 27.0 Å². The molecule has 2 aromatic rings. The summed E-state index contributed by atoms with van der Waals surface area (Å²) in [4.78, 5) is 28.2. The van der Waals surface area contributed by atoms with E-state index in [2.05, 4.69) is 4.99 Å². The summed E-state index contributed by atoms with van der Waals surface area (Å²) in [5.74, 6) is 0.339. The first kappa shape index (κ1) is 26.2. The normalized spacial score (nSPS) is 16.1. The van der Waals surface area contributed by atoms with Gasteiger partial charge in [-0.2, -0.15) is 0 Å². The number of amidine groups is 1. The molecule has 0 fully saturated rings. The highest BCUT2D eigenvalue weighted by molar-refractivity contribution is 8.14. The number of nitrogens with zero attached hydrogens (tertiary/aromatic N) is 3. The van der Waals surface area contributed by atoms with E-state index in [1.165, 1.54) is 30.0 Å². The summed E-state index contributed by atoms with van der Waals surface area (Å²) in [6.07, 6.45) is 1.00. The quantitative estimate of drug-likeness (QED) is 0.290. The molecule has 12 heteroatoms. The van der Waals surface area contributed by atoms with Crippen molar-refractivity contribution in [3.05, 3.63) is 81.0 Å². The minimum atomic E-state index is -3.98. The van der Waals surface area contributed by atoms with Crippen LogP contribution in [0.25, 0.3) is 0 Å². The fraction of sp³-hybridized carbons (Fsp3) is 0.304. The number of nitro benzene ring substituents is 1. The minimum absolute atomic E-state index is 0.00608. The second-order valence-corrected chi connectivity index (χ2v) is 10.4. The third-order valence-corrected chi connectivity index (χ3v) is 7.36. The van der Waals surface area contributed by atoms with Gasteiger partial charge in [-0.05, 0) is 37.1 Å². The molecule has 1 unspecified atom stereocenters. The molecule has 0 aliphatic carbocycles. The van der Waals surface area contributed by atoms with Gasteiger partial charge in [0.1, 0.15) is 11.8 Å². The molecule has 0 N–H and O–H groups in total. The molecule has 10 nitrogen and oxygen atoms in total. The number of rotatable bonds is 8. The van der Waals surface area contributed by atoms with Crippen LogP contribution in [0, 0.1) is 10.1 Å². The number of thioether (sulfide) groups is 1. The number of non-ortho nitro benzene ring substituents is 1. The van der Waals surface area contributed by atoms with E-state index in [0.29, 0.717) is 11.5 Å². The highest BCUT2D eigenvalue weighted by atomic mass is 32.2. The van der Waals surface area contributed by atoms with E-state index in [1.807, 2.05) is 12.1 Å². The number of carbonyl (C=O) groups excluding carboxylic acids is 1. The summed E-state index contributed by atoms with van der Waals surface area (Å²) in [6, 6.07) is 11.7. The van der Waals surface area contributed by atoms with E-state index >= 15 is 0 Å². The predicted molar refractivity (Wildman–Crippen MR) is 134 cm³/mol. The topological polar surface area (TPSA) is 128 Å². The summed E-state index contributed by atoms with van der Waals surface area (Å²) in [6.45, 7) is 3.29. The smallest absolute Gasteiger partial charge is 0.338 e. The first-order valence-corrected chi connectivity index (χ1v) is 13.4. The monoisotopic (exact) mass is 519 g/mol. The van der Waals surface area contributed by atoms with Crippen molar-refractivity contribution in [2.45, 2.75) is 25.6 Å². The number of nitro groups is 1. The molecule has 0 aromatic heterocycles. The van der Waals surface area contributed by atoms with Gasteiger partial charge in [-0.25, -0.2) is 22.5 Å². The lowest BCUT2D eigenvalue weighted by molar-refractivity contribution is -0.384. The third kappa shape index (κ3) is 6.01. The van der Waals surface area contributed by atoms with Crippen LogP contribution < -0.4 is 4.74 Å². The van der Waals surface area contributed by atoms with Gasteiger partial charge in [0.15, 0.2) is 5.17 Å². The molecular weight excluding hydrogens is 494 g/mol. The Morgan fingerprint density at radius 3 is 2.49 bits per heavy atom. The van der Waals surface area contributed by atoms with Crippen molar-refractivity contribution < 1.29 is 27.6 Å². The van der Waals surface area contributed by atoms with Crippen LogP contribution in [-0.2, 0) is 25.3 Å². The molecule has 0 amide bonds. The van der Waals surface area contributed by atoms with Gasteiger partial charge in [-0.1, -0.05) is 36.0 Å². The van der Waals surface area contributed by atoms with Gasteiger partial charge < -0.3 is 9.47 Å². The molecule has 186 valence electrons. The van der Waals surface area contributed by atoms with Gasteiger partial charge in [-0.3, -0.25) is 10.1 Å². The van der Waals surface area contributed by atoms with Crippen molar-refractivity contribution in [2.24, 2.45) is 4.99 Å². The van der Waals surface area contributed by atoms with E-state index in [1.54, 1.807) is 39.2 Å². The largest absolute Gasteiger partial charge is 0.497 e. The number of esters is 1. The van der Waals surface area contributed by atoms with Gasteiger partial charge in [0.2, 0.25) is 10.0 Å². The number of allylic oxidation sites excluding steroid dienone is 1. The van der Waals surface area contributed by atoms with Crippen LogP contribution in [-0.4, -0.2) is 48.8 Å². The third-order valence-electron chi connectivity index (χ3n) is 5.13. The van der Waals surface area contributed by atoms with E-state index in [-0.39, 0.29) is 34.3 Å². The number of sulfonamides is 1. The van der Waals surface area contributed by atoms with Crippen molar-refractivity contribution in [2.75, 3.05) is 20.0 Å². The zero-order chi connectivity index (χ0) is 25.8. The maximum absolute atomic E-state index is 13.0. The van der Waals surface area contributed by atoms with Crippen LogP contribution in [0.5, 0.6) is 5.75 Å². The number of ether oxygens (including phenoxy) is 2. The first-order chi connectivity index (χ1) is 16.6. The molecule has 1 aliphatic rings. The van der Waals surface area contributed by atoms with Crippen LogP contribution in [0.1, 0.15) is 31.0 Å². The fourth-order valence-corrected chi connectivity index (χ4v) is 5.98. The highest BCUT2D eigenvalue weighted by Gasteiger charge is 2.41. The van der Waals surface area contributed by atoms with Gasteiger partial charge in [0.25, 0.3) is 5.69 Å². The summed E-state index contributed by atoms with van der Waals surface area (Å²) in [7, 11) is -2.41. The van der Waals surface area contributed by atoms with Gasteiger partial charge in [0.05, 0.1) is 36.2 Å². The number of benzene rings is 2. The Morgan fingerprint density at radius 1 is 1.23 bits per heavy atom. The molecule has 3 rings (SSSR count). The molecule has 0 bridgehead atoms. The predicted octanol–water partition coefficient (Wildman–Crippen LogP) is 4.05. The van der Waals surface area contributed by atoms with Crippen LogP contribution in [0.4, 0.5) is 5.69 Å². The van der Waals surface area contributed by atoms with Crippen molar-refractivity contribution in [3.8, 4) is 5.75 Å². The lowest BCUT2D eigenvalue weighted by Crippen LogP contribution is -2.42. The molecule has 0 radical (unpaired) electrons. The van der Waals surface area contributed by atoms with Crippen LogP contribution >= 0.6 is 11.8 Å². The second-order valence-electron chi connectivity index (χ2n) is 7.56. The van der Waals surface area contributed by atoms with Crippen molar-refractivity contribution >= 4 is 38.6 Å². The first-order valence-electron chi connectivity index (χ1n) is 10.5. The Hall–Kier alpha value is -3.38. The lowest BCUT2D eigenvalue weighted by Gasteiger charge is -2.36. The van der Waals surface area contributed by atoms with Crippen LogP contribution in [0.2, 0.25) is 0 Å². The van der Waals surface area contributed by atoms with Crippen molar-refractivity contribution in [1.82, 2.24) is 4.31 Å². The number of methoxy groups -OCH3 is 1. The Bertz CT molecular complexity index is 1290. The van der Waals surface area contributed by atoms with Gasteiger partial charge in [-0.15, -0.1) is 0 Å². The SMILES string of the molecule is CCOC(=O)C1=C(C)N=C(SCc2ccc(OC)cc2)N(S(C)(=O)=O)C1c1cccc([N+](=O)[O-])c1. The van der Waals surface area contributed by atoms with E-state index in [4.69, 9.17) is 9.47 Å². The number of carbonyl (C=O) groups is 1. The Kier molecular flexibility index (Phi) is 8.18. The lowest BCUT2D eigenvalue weighted by atomic mass is 9.96. The standard InChI is InChI=1S/C23H25N3O7S2/c1-5-33-22(27)20-15(2)24-23(34-14-16-9-11-19(32-3)12-10-16)25(35(4,30)31)21(20)17-7-6-8-18(13-17)26(28)29/h6-13,21H,5,14H2,1-4H3. The highest BCUT2D eigenvalue weighted by Crippen LogP contribution is 2.41. The zero-order valence-electron chi connectivity index (χ0n) is 19.6. The number of aliphatic imine (C=N–C) groups is 1. The molecule has 0 saturated carbocycles. The Labute approximate surface area is 207 Å². The summed E-state index contributed by atoms with van der Waals surface area (Å²) in [5.41, 5.74) is 1.21. The molecule has 2 aromatic carbocycles. The maximum atomic E-state index is 13.0. The van der Waals surface area contributed by atoms with Crippen molar-refractivity contribution in [1.29, 1.82) is 0 Å². The molecule has 0 saturated heterocycles. The molecule has 1 heterocycles. The van der Waals surface area contributed by atoms with Crippen LogP contribution in [0.3, 0.4) is 0 Å². The second kappa shape index (κ2) is 10.9. The molecule has 1 atom stereocenters. The van der Waals surface area contributed by atoms with Crippen LogP contribution in [0.15, 0.2) is 64.8 Å². The average Bonchev–Trinajstić information content (AvgIpc) is 2.81. The molecule has 0 spiro atoms. The summed E-state index contributed by atoms with van der Waals surface area (Å²) >= 11 is 1.17. The number of hydrogen-bond donors (Lipinski definition) is 0. The maximum Gasteiger partial charge on any atom is 0.338 e. The van der Waals surface area contributed by atoms with E-state index in [9.17, 15) is 23.3 Å². The van der Waals surface area contributed by atoms with Gasteiger partial charge in [0, 0.05) is 17.9 Å². The molecule has 35 heavy (non-hydrogen) atoms.